The van der Waals surface area contributed by atoms with E-state index in [9.17, 15) is 9.90 Å². The zero-order valence-electron chi connectivity index (χ0n) is 10.9. The van der Waals surface area contributed by atoms with Gasteiger partial charge in [0.25, 0.3) is 0 Å². The molecule has 0 aliphatic carbocycles. The molecule has 0 fully saturated rings. The molecule has 0 aliphatic heterocycles. The summed E-state index contributed by atoms with van der Waals surface area (Å²) in [6.07, 6.45) is -1.34. The molecule has 0 aliphatic rings. The summed E-state index contributed by atoms with van der Waals surface area (Å²) in [5.41, 5.74) is 4.78. The maximum absolute atomic E-state index is 9.34. The maximum Gasteiger partial charge on any atom is -0.369 e. The molecular weight excluding hydrogens is 425 g/mol. The zero-order chi connectivity index (χ0) is 13.7. The number of nitrogens with two attached hydrogens (primary N) is 1. The van der Waals surface area contributed by atoms with E-state index in [0.717, 1.165) is 33.0 Å². The predicted octanol–water partition coefficient (Wildman–Crippen LogP) is -1.71. The molecule has 0 saturated carbocycles. The maximum atomic E-state index is 9.34. The number of benzene rings is 1. The second kappa shape index (κ2) is 16.5. The molecule has 101 valence electrons. The molecular formula is C11H21HgN2O4. The molecule has 0 heterocycles. The molecule has 1 aromatic rings. The summed E-state index contributed by atoms with van der Waals surface area (Å²) in [7, 11) is 0. The van der Waals surface area contributed by atoms with Crippen LogP contribution in [0.2, 0.25) is 0 Å². The smallest absolute Gasteiger partial charge is 0.369 e. The monoisotopic (exact) mass is 447 g/mol. The van der Waals surface area contributed by atoms with E-state index in [2.05, 4.69) is 30.3 Å². The molecule has 1 unspecified atom stereocenters. The van der Waals surface area contributed by atoms with Gasteiger partial charge in [0.15, 0.2) is 0 Å². The summed E-state index contributed by atoms with van der Waals surface area (Å²) in [6, 6.07) is 10.6. The molecule has 0 saturated heterocycles. The fraction of sp³-hybridized carbons (Fsp3) is 0.364. The minimum atomic E-state index is -1.44. The van der Waals surface area contributed by atoms with Gasteiger partial charge in [-0.3, -0.25) is 0 Å². The van der Waals surface area contributed by atoms with Crippen LogP contribution in [0.15, 0.2) is 30.3 Å². The van der Waals surface area contributed by atoms with Crippen molar-refractivity contribution < 1.29 is 46.2 Å². The largest absolute Gasteiger partial charge is 0.369 e. The SMILES string of the molecule is CC(O)C(=O)[O-].NCCO.[Hg][c]1ccccc1.[NH4+]. The van der Waals surface area contributed by atoms with Crippen molar-refractivity contribution in [3.63, 3.8) is 0 Å². The van der Waals surface area contributed by atoms with E-state index in [-0.39, 0.29) is 12.8 Å². The Labute approximate surface area is 123 Å². The van der Waals surface area contributed by atoms with Crippen molar-refractivity contribution in [3.05, 3.63) is 30.3 Å². The van der Waals surface area contributed by atoms with Gasteiger partial charge in [0, 0.05) is 6.54 Å². The third-order valence-electron chi connectivity index (χ3n) is 1.31. The fourth-order valence-electron chi connectivity index (χ4n) is 0.478. The van der Waals surface area contributed by atoms with Crippen LogP contribution in [0.3, 0.4) is 0 Å². The predicted molar refractivity (Wildman–Crippen MR) is 64.9 cm³/mol. The normalized spacial score (nSPS) is 9.67. The number of quaternary nitrogens is 1. The number of carbonyl (C=O) groups is 1. The first-order chi connectivity index (χ1) is 7.95. The van der Waals surface area contributed by atoms with Gasteiger partial charge in [-0.1, -0.05) is 0 Å². The number of aliphatic hydroxyl groups is 2. The molecule has 1 aromatic carbocycles. The molecule has 0 aromatic heterocycles. The van der Waals surface area contributed by atoms with Crippen LogP contribution in [0, 0.1) is 0 Å². The summed E-state index contributed by atoms with van der Waals surface area (Å²) in [5.74, 6) is -1.44. The van der Waals surface area contributed by atoms with Crippen LogP contribution >= 0.6 is 0 Å². The van der Waals surface area contributed by atoms with Gasteiger partial charge < -0.3 is 32.0 Å². The second-order valence-corrected chi connectivity index (χ2v) is 6.17. The standard InChI is InChI=1S/C6H5.C3H6O3.C2H7NO.Hg.H3N/c1-2-4-6-5-3-1;1-2(4)3(5)6;3-1-2-4;;/h1-5H;2,4H,1H3,(H,5,6);4H,1-3H2;;1H3. The van der Waals surface area contributed by atoms with Crippen LogP contribution < -0.4 is 20.1 Å². The Balaban J connectivity index is -0.000000190. The van der Waals surface area contributed by atoms with Gasteiger partial charge in [-0.25, -0.2) is 0 Å². The van der Waals surface area contributed by atoms with E-state index < -0.39 is 12.1 Å². The third-order valence-corrected chi connectivity index (χ3v) is 3.15. The molecule has 0 spiro atoms. The number of aliphatic carboxylic acids is 1. The zero-order valence-corrected chi connectivity index (χ0v) is 16.4. The van der Waals surface area contributed by atoms with E-state index in [4.69, 9.17) is 15.9 Å². The third kappa shape index (κ3) is 20.8. The average Bonchev–Trinajstić information content (AvgIpc) is 2.31. The van der Waals surface area contributed by atoms with Gasteiger partial charge in [-0.2, -0.15) is 0 Å². The Morgan fingerprint density at radius 3 is 1.89 bits per heavy atom. The summed E-state index contributed by atoms with van der Waals surface area (Å²) >= 11 is 0.810. The Kier molecular flexibility index (Phi) is 20.7. The average molecular weight is 446 g/mol. The van der Waals surface area contributed by atoms with Crippen molar-refractivity contribution in [2.24, 2.45) is 5.73 Å². The first-order valence-corrected chi connectivity index (χ1v) is 7.77. The van der Waals surface area contributed by atoms with Crippen LogP contribution in [0.1, 0.15) is 6.92 Å². The Morgan fingerprint density at radius 1 is 1.44 bits per heavy atom. The number of carbonyl (C=O) groups excluding carboxylic acids is 1. The first-order valence-electron chi connectivity index (χ1n) is 5.02. The van der Waals surface area contributed by atoms with Crippen molar-refractivity contribution in [2.45, 2.75) is 13.0 Å². The van der Waals surface area contributed by atoms with Gasteiger partial charge >= 0.3 is 59.5 Å². The number of rotatable bonds is 2. The quantitative estimate of drug-likeness (QED) is 0.401. The minimum Gasteiger partial charge on any atom is -0.369 e. The number of hydrogen-bond acceptors (Lipinski definition) is 5. The molecule has 1 atom stereocenters. The molecule has 0 amide bonds. The van der Waals surface area contributed by atoms with E-state index in [0.29, 0.717) is 6.54 Å². The van der Waals surface area contributed by atoms with Crippen LogP contribution in [-0.4, -0.2) is 35.4 Å². The van der Waals surface area contributed by atoms with E-state index in [1.165, 1.54) is 3.07 Å². The Hall–Kier alpha value is -0.535. The molecule has 1 rings (SSSR count). The molecule has 6 nitrogen and oxygen atoms in total. The molecule has 0 radical (unpaired) electrons. The van der Waals surface area contributed by atoms with Gasteiger partial charge in [-0.15, -0.1) is 0 Å². The van der Waals surface area contributed by atoms with E-state index in [1.807, 2.05) is 0 Å². The molecule has 0 bridgehead atoms. The number of aliphatic hydroxyl groups excluding tert-OH is 2. The summed E-state index contributed by atoms with van der Waals surface area (Å²) in [6.45, 7) is 1.61. The topological polar surface area (TPSA) is 143 Å². The molecule has 8 N–H and O–H groups in total. The van der Waals surface area contributed by atoms with E-state index in [1.54, 1.807) is 0 Å². The van der Waals surface area contributed by atoms with Crippen LogP contribution in [0.4, 0.5) is 0 Å². The van der Waals surface area contributed by atoms with Crippen molar-refractivity contribution in [1.29, 1.82) is 0 Å². The summed E-state index contributed by atoms with van der Waals surface area (Å²) in [5, 5.41) is 25.1. The van der Waals surface area contributed by atoms with Crippen LogP contribution in [0.5, 0.6) is 0 Å². The molecule has 7 heteroatoms. The van der Waals surface area contributed by atoms with Gasteiger partial charge in [0.2, 0.25) is 0 Å². The van der Waals surface area contributed by atoms with Gasteiger partial charge in [0.05, 0.1) is 18.7 Å². The first kappa shape index (κ1) is 22.6. The number of carboxylic acids is 1. The van der Waals surface area contributed by atoms with Crippen molar-refractivity contribution in [2.75, 3.05) is 13.2 Å². The van der Waals surface area contributed by atoms with Gasteiger partial charge in [-0.05, 0) is 6.92 Å². The van der Waals surface area contributed by atoms with Crippen molar-refractivity contribution in [1.82, 2.24) is 6.15 Å². The van der Waals surface area contributed by atoms with Crippen LogP contribution in [-0.2, 0) is 30.9 Å². The Morgan fingerprint density at radius 2 is 1.78 bits per heavy atom. The second-order valence-electron chi connectivity index (χ2n) is 2.99. The minimum absolute atomic E-state index is 0. The Bertz CT molecular complexity index is 282. The summed E-state index contributed by atoms with van der Waals surface area (Å²) < 4.78 is 1.52. The van der Waals surface area contributed by atoms with Gasteiger partial charge in [0.1, 0.15) is 0 Å². The van der Waals surface area contributed by atoms with Crippen LogP contribution in [0.25, 0.3) is 0 Å². The van der Waals surface area contributed by atoms with E-state index >= 15 is 0 Å². The number of carboxylic acid groups (broad SMARTS) is 1. The molecule has 18 heavy (non-hydrogen) atoms. The van der Waals surface area contributed by atoms with Crippen molar-refractivity contribution >= 4 is 9.04 Å². The summed E-state index contributed by atoms with van der Waals surface area (Å²) in [4.78, 5) is 9.34. The fourth-order valence-corrected chi connectivity index (χ4v) is 1.54. The van der Waals surface area contributed by atoms with Crippen molar-refractivity contribution in [3.8, 4) is 0 Å². The number of hydrogen-bond donors (Lipinski definition) is 4.